The van der Waals surface area contributed by atoms with Gasteiger partial charge in [0.25, 0.3) is 0 Å². The number of nitrogens with zero attached hydrogens (tertiary/aromatic N) is 4. The number of nitrogens with one attached hydrogen (secondary N) is 1. The van der Waals surface area contributed by atoms with Gasteiger partial charge in [0.2, 0.25) is 5.95 Å². The number of benzene rings is 2. The van der Waals surface area contributed by atoms with E-state index in [-0.39, 0.29) is 6.42 Å². The topological polar surface area (TPSA) is 74.5 Å². The molecule has 0 bridgehead atoms. The first-order valence-electron chi connectivity index (χ1n) is 8.90. The molecule has 4 rings (SSSR count). The number of anilines is 1. The highest BCUT2D eigenvalue weighted by atomic mass is 35.5. The summed E-state index contributed by atoms with van der Waals surface area (Å²) in [6.45, 7) is 0.629. The number of thiazole rings is 1. The van der Waals surface area contributed by atoms with Crippen molar-refractivity contribution in [2.24, 2.45) is 0 Å². The van der Waals surface area contributed by atoms with Crippen molar-refractivity contribution in [1.29, 1.82) is 5.26 Å². The summed E-state index contributed by atoms with van der Waals surface area (Å²) in [6.07, 6.45) is 2.67. The van der Waals surface area contributed by atoms with Gasteiger partial charge in [-0.05, 0) is 36.2 Å². The standard InChI is InChI=1S/C21H15Cl2N5S/c22-15-6-5-13(11-16(15)23)8-10-25-21-26-12-14(17(28-21)7-9-24)20-27-18-3-1-2-4-19(18)29-20/h1-6,11-12H,7-8,10H2,(H,25,26,28). The molecule has 29 heavy (non-hydrogen) atoms. The molecule has 0 atom stereocenters. The Bertz CT molecular complexity index is 1180. The zero-order valence-electron chi connectivity index (χ0n) is 15.2. The Morgan fingerprint density at radius 3 is 2.72 bits per heavy atom. The van der Waals surface area contributed by atoms with Crippen LogP contribution in [0.5, 0.6) is 0 Å². The fourth-order valence-electron chi connectivity index (χ4n) is 2.89. The van der Waals surface area contributed by atoms with Gasteiger partial charge in [0.05, 0.1) is 44.0 Å². The Labute approximate surface area is 182 Å². The molecule has 0 amide bonds. The van der Waals surface area contributed by atoms with Crippen LogP contribution in [0.1, 0.15) is 11.3 Å². The first-order chi connectivity index (χ1) is 14.1. The number of rotatable bonds is 6. The molecule has 0 spiro atoms. The molecule has 0 aliphatic rings. The molecule has 2 heterocycles. The predicted octanol–water partition coefficient (Wildman–Crippen LogP) is 5.78. The molecule has 0 radical (unpaired) electrons. The van der Waals surface area contributed by atoms with Crippen LogP contribution >= 0.6 is 34.5 Å². The molecular formula is C21H15Cl2N5S. The highest BCUT2D eigenvalue weighted by Gasteiger charge is 2.13. The minimum absolute atomic E-state index is 0.190. The van der Waals surface area contributed by atoms with Crippen LogP contribution < -0.4 is 5.32 Å². The van der Waals surface area contributed by atoms with Gasteiger partial charge >= 0.3 is 0 Å². The summed E-state index contributed by atoms with van der Waals surface area (Å²) in [5.41, 5.74) is 3.45. The lowest BCUT2D eigenvalue weighted by Crippen LogP contribution is -2.09. The van der Waals surface area contributed by atoms with Gasteiger partial charge in [0, 0.05) is 12.7 Å². The molecule has 0 fully saturated rings. The van der Waals surface area contributed by atoms with Crippen molar-refractivity contribution in [3.63, 3.8) is 0 Å². The number of aromatic nitrogens is 3. The third-order valence-corrected chi connectivity index (χ3v) is 6.13. The van der Waals surface area contributed by atoms with Crippen molar-refractivity contribution in [3.05, 3.63) is 70.0 Å². The fraction of sp³-hybridized carbons (Fsp3) is 0.143. The van der Waals surface area contributed by atoms with Gasteiger partial charge in [-0.2, -0.15) is 5.26 Å². The van der Waals surface area contributed by atoms with Crippen LogP contribution in [-0.4, -0.2) is 21.5 Å². The lowest BCUT2D eigenvalue weighted by Gasteiger charge is -2.09. The molecule has 8 heteroatoms. The summed E-state index contributed by atoms with van der Waals surface area (Å²) in [6, 6.07) is 15.7. The summed E-state index contributed by atoms with van der Waals surface area (Å²) in [5.74, 6) is 0.486. The average molecular weight is 440 g/mol. The maximum Gasteiger partial charge on any atom is 0.222 e. The minimum atomic E-state index is 0.190. The molecule has 2 aromatic carbocycles. The van der Waals surface area contributed by atoms with Crippen molar-refractivity contribution in [2.75, 3.05) is 11.9 Å². The molecule has 0 aliphatic heterocycles. The van der Waals surface area contributed by atoms with E-state index in [2.05, 4.69) is 26.3 Å². The van der Waals surface area contributed by atoms with Crippen LogP contribution in [0.4, 0.5) is 5.95 Å². The normalized spacial score (nSPS) is 10.8. The Morgan fingerprint density at radius 1 is 1.07 bits per heavy atom. The Balaban J connectivity index is 1.52. The Hall–Kier alpha value is -2.72. The molecule has 0 aliphatic carbocycles. The second-order valence-corrected chi connectivity index (χ2v) is 8.15. The first-order valence-corrected chi connectivity index (χ1v) is 10.5. The Kier molecular flexibility index (Phi) is 5.91. The summed E-state index contributed by atoms with van der Waals surface area (Å²) in [5, 5.41) is 14.3. The second kappa shape index (κ2) is 8.75. The lowest BCUT2D eigenvalue weighted by atomic mass is 10.1. The minimum Gasteiger partial charge on any atom is -0.354 e. The molecule has 0 unspecified atom stereocenters. The van der Waals surface area contributed by atoms with E-state index in [0.29, 0.717) is 28.2 Å². The van der Waals surface area contributed by atoms with Gasteiger partial charge in [-0.3, -0.25) is 0 Å². The van der Waals surface area contributed by atoms with Gasteiger partial charge in [-0.15, -0.1) is 11.3 Å². The Morgan fingerprint density at radius 2 is 1.93 bits per heavy atom. The molecule has 4 aromatic rings. The fourth-order valence-corrected chi connectivity index (χ4v) is 4.21. The van der Waals surface area contributed by atoms with Gasteiger partial charge in [0.15, 0.2) is 0 Å². The largest absolute Gasteiger partial charge is 0.354 e. The number of nitriles is 1. The summed E-state index contributed by atoms with van der Waals surface area (Å²) >= 11 is 13.6. The van der Waals surface area contributed by atoms with Crippen LogP contribution in [0, 0.1) is 11.3 Å². The van der Waals surface area contributed by atoms with Gasteiger partial charge in [0.1, 0.15) is 5.01 Å². The summed E-state index contributed by atoms with van der Waals surface area (Å²) < 4.78 is 1.09. The van der Waals surface area contributed by atoms with E-state index in [1.165, 1.54) is 0 Å². The molecule has 144 valence electrons. The quantitative estimate of drug-likeness (QED) is 0.411. The van der Waals surface area contributed by atoms with Crippen LogP contribution in [0.15, 0.2) is 48.7 Å². The summed E-state index contributed by atoms with van der Waals surface area (Å²) in [7, 11) is 0. The highest BCUT2D eigenvalue weighted by Crippen LogP contribution is 2.31. The molecule has 2 aromatic heterocycles. The predicted molar refractivity (Wildman–Crippen MR) is 119 cm³/mol. The van der Waals surface area contributed by atoms with Crippen molar-refractivity contribution < 1.29 is 0 Å². The molecule has 0 saturated carbocycles. The van der Waals surface area contributed by atoms with Crippen molar-refractivity contribution in [1.82, 2.24) is 15.0 Å². The van der Waals surface area contributed by atoms with Crippen molar-refractivity contribution >= 4 is 50.7 Å². The van der Waals surface area contributed by atoms with E-state index in [1.54, 1.807) is 23.6 Å². The van der Waals surface area contributed by atoms with E-state index < -0.39 is 0 Å². The van der Waals surface area contributed by atoms with E-state index in [4.69, 9.17) is 23.2 Å². The van der Waals surface area contributed by atoms with E-state index >= 15 is 0 Å². The van der Waals surface area contributed by atoms with Gasteiger partial charge < -0.3 is 5.32 Å². The van der Waals surface area contributed by atoms with E-state index in [9.17, 15) is 5.26 Å². The zero-order chi connectivity index (χ0) is 20.2. The third-order valence-electron chi connectivity index (χ3n) is 4.32. The van der Waals surface area contributed by atoms with Crippen LogP contribution in [-0.2, 0) is 12.8 Å². The number of hydrogen-bond acceptors (Lipinski definition) is 6. The molecule has 1 N–H and O–H groups in total. The monoisotopic (exact) mass is 439 g/mol. The average Bonchev–Trinajstić information content (AvgIpc) is 3.15. The van der Waals surface area contributed by atoms with E-state index in [0.717, 1.165) is 32.8 Å². The maximum atomic E-state index is 9.22. The molecule has 0 saturated heterocycles. The number of fused-ring (bicyclic) bond motifs is 1. The highest BCUT2D eigenvalue weighted by molar-refractivity contribution is 7.21. The molecule has 5 nitrogen and oxygen atoms in total. The van der Waals surface area contributed by atoms with Crippen molar-refractivity contribution in [3.8, 4) is 16.6 Å². The first kappa shape index (κ1) is 19.6. The number of hydrogen-bond donors (Lipinski definition) is 1. The smallest absolute Gasteiger partial charge is 0.222 e. The SMILES string of the molecule is N#CCc1nc(NCCc2ccc(Cl)c(Cl)c2)ncc1-c1nc2ccccc2s1. The summed E-state index contributed by atoms with van der Waals surface area (Å²) in [4.78, 5) is 13.6. The van der Waals surface area contributed by atoms with E-state index in [1.807, 2.05) is 36.4 Å². The second-order valence-electron chi connectivity index (χ2n) is 6.30. The van der Waals surface area contributed by atoms with Crippen molar-refractivity contribution in [2.45, 2.75) is 12.8 Å². The van der Waals surface area contributed by atoms with Gasteiger partial charge in [-0.1, -0.05) is 41.4 Å². The number of halogens is 2. The van der Waals surface area contributed by atoms with Gasteiger partial charge in [-0.25, -0.2) is 15.0 Å². The molecular weight excluding hydrogens is 425 g/mol. The van der Waals surface area contributed by atoms with Crippen LogP contribution in [0.2, 0.25) is 10.0 Å². The number of para-hydroxylation sites is 1. The maximum absolute atomic E-state index is 9.22. The third kappa shape index (κ3) is 4.48. The zero-order valence-corrected chi connectivity index (χ0v) is 17.5. The van der Waals surface area contributed by atoms with Crippen LogP contribution in [0.3, 0.4) is 0 Å². The lowest BCUT2D eigenvalue weighted by molar-refractivity contribution is 0.967. The van der Waals surface area contributed by atoms with Crippen LogP contribution in [0.25, 0.3) is 20.8 Å².